The number of carbonyl (C=O) groups is 3. The molecule has 2 aliphatic carbocycles. The lowest BCUT2D eigenvalue weighted by Gasteiger charge is -2.16. The van der Waals surface area contributed by atoms with E-state index in [1.165, 1.54) is 0 Å². The van der Waals surface area contributed by atoms with Gasteiger partial charge in [-0.3, -0.25) is 29.3 Å². The molecule has 0 unspecified atom stereocenters. The molecule has 26 heavy (non-hydrogen) atoms. The number of aromatic nitrogens is 2. The largest absolute Gasteiger partial charge is 0.324 e. The summed E-state index contributed by atoms with van der Waals surface area (Å²) in [5.74, 6) is -1.08. The van der Waals surface area contributed by atoms with Crippen LogP contribution in [0.3, 0.4) is 0 Å². The molecule has 2 aromatic rings. The van der Waals surface area contributed by atoms with E-state index in [2.05, 4.69) is 15.3 Å². The van der Waals surface area contributed by atoms with Crippen molar-refractivity contribution in [2.45, 2.75) is 6.42 Å². The van der Waals surface area contributed by atoms with Gasteiger partial charge in [0.15, 0.2) is 0 Å². The molecule has 1 saturated carbocycles. The Hall–Kier alpha value is -3.09. The van der Waals surface area contributed by atoms with E-state index in [1.54, 1.807) is 30.6 Å². The second kappa shape index (κ2) is 5.45. The predicted octanol–water partition coefficient (Wildman–Crippen LogP) is 1.38. The Morgan fingerprint density at radius 1 is 1.04 bits per heavy atom. The zero-order chi connectivity index (χ0) is 17.8. The molecule has 2 heterocycles. The van der Waals surface area contributed by atoms with Gasteiger partial charge in [-0.15, -0.1) is 0 Å². The molecule has 0 spiro atoms. The lowest BCUT2D eigenvalue weighted by molar-refractivity contribution is -0.143. The van der Waals surface area contributed by atoms with Crippen molar-refractivity contribution in [3.05, 3.63) is 42.7 Å². The number of nitrogens with one attached hydrogen (secondary N) is 1. The van der Waals surface area contributed by atoms with Crippen molar-refractivity contribution in [3.63, 3.8) is 0 Å². The van der Waals surface area contributed by atoms with Crippen LogP contribution in [0.15, 0.2) is 42.7 Å². The summed E-state index contributed by atoms with van der Waals surface area (Å²) in [4.78, 5) is 47.1. The van der Waals surface area contributed by atoms with E-state index in [-0.39, 0.29) is 42.0 Å². The summed E-state index contributed by atoms with van der Waals surface area (Å²) in [6.07, 6.45) is 8.14. The van der Waals surface area contributed by atoms with Crippen LogP contribution in [0.4, 0.5) is 5.69 Å². The van der Waals surface area contributed by atoms with Crippen LogP contribution in [-0.2, 0) is 14.4 Å². The van der Waals surface area contributed by atoms with Gasteiger partial charge < -0.3 is 5.32 Å². The number of rotatable bonds is 3. The van der Waals surface area contributed by atoms with Gasteiger partial charge in [-0.1, -0.05) is 12.2 Å². The maximum absolute atomic E-state index is 12.6. The van der Waals surface area contributed by atoms with Crippen molar-refractivity contribution in [2.24, 2.45) is 23.7 Å². The Bertz CT molecular complexity index is 956. The molecule has 5 rings (SSSR count). The molecule has 3 aliphatic rings. The smallest absolute Gasteiger partial charge is 0.244 e. The molecule has 2 fully saturated rings. The van der Waals surface area contributed by atoms with Gasteiger partial charge in [0.2, 0.25) is 17.7 Å². The molecular formula is C19H16N4O3. The first kappa shape index (κ1) is 15.2. The third kappa shape index (κ3) is 2.16. The zero-order valence-electron chi connectivity index (χ0n) is 13.8. The standard InChI is InChI=1S/C19H16N4O3/c24-15(22-12-3-4-13-14(8-12)21-6-5-20-13)9-23-18(25)16-10-1-2-11(7-10)17(16)19(23)26/h1-6,8,10-11,16-17H,7,9H2,(H,22,24)/t10-,11-,16+,17+/m0/s1. The Kier molecular flexibility index (Phi) is 3.19. The van der Waals surface area contributed by atoms with Gasteiger partial charge in [0.25, 0.3) is 0 Å². The van der Waals surface area contributed by atoms with Crippen LogP contribution in [0.5, 0.6) is 0 Å². The molecule has 1 saturated heterocycles. The first-order valence-electron chi connectivity index (χ1n) is 8.66. The van der Waals surface area contributed by atoms with Crippen LogP contribution in [-0.4, -0.2) is 39.1 Å². The van der Waals surface area contributed by atoms with Gasteiger partial charge >= 0.3 is 0 Å². The summed E-state index contributed by atoms with van der Waals surface area (Å²) in [5.41, 5.74) is 1.95. The van der Waals surface area contributed by atoms with Gasteiger partial charge in [-0.25, -0.2) is 0 Å². The summed E-state index contributed by atoms with van der Waals surface area (Å²) in [5, 5.41) is 2.74. The monoisotopic (exact) mass is 348 g/mol. The number of benzene rings is 1. The summed E-state index contributed by atoms with van der Waals surface area (Å²) in [7, 11) is 0. The number of fused-ring (bicyclic) bond motifs is 6. The molecule has 0 radical (unpaired) electrons. The average molecular weight is 348 g/mol. The minimum absolute atomic E-state index is 0.147. The summed E-state index contributed by atoms with van der Waals surface area (Å²) in [6, 6.07) is 5.20. The van der Waals surface area contributed by atoms with E-state index in [9.17, 15) is 14.4 Å². The van der Waals surface area contributed by atoms with Crippen LogP contribution in [0.1, 0.15) is 6.42 Å². The molecule has 3 amide bonds. The molecule has 7 nitrogen and oxygen atoms in total. The minimum Gasteiger partial charge on any atom is -0.324 e. The van der Waals surface area contributed by atoms with Crippen LogP contribution in [0.2, 0.25) is 0 Å². The predicted molar refractivity (Wildman–Crippen MR) is 92.6 cm³/mol. The highest BCUT2D eigenvalue weighted by atomic mass is 16.2. The third-order valence-electron chi connectivity index (χ3n) is 5.62. The van der Waals surface area contributed by atoms with Gasteiger partial charge in [0.1, 0.15) is 6.54 Å². The first-order chi connectivity index (χ1) is 12.6. The molecule has 1 aromatic carbocycles. The number of nitrogens with zero attached hydrogens (tertiary/aromatic N) is 3. The number of likely N-dealkylation sites (tertiary alicyclic amines) is 1. The highest BCUT2D eigenvalue weighted by Gasteiger charge is 2.59. The van der Waals surface area contributed by atoms with E-state index in [0.717, 1.165) is 16.8 Å². The van der Waals surface area contributed by atoms with Gasteiger partial charge in [-0.2, -0.15) is 0 Å². The maximum atomic E-state index is 12.6. The highest BCUT2D eigenvalue weighted by Crippen LogP contribution is 2.52. The molecular weight excluding hydrogens is 332 g/mol. The minimum atomic E-state index is -0.393. The molecule has 130 valence electrons. The number of carbonyl (C=O) groups excluding carboxylic acids is 3. The number of hydrogen-bond donors (Lipinski definition) is 1. The molecule has 1 aliphatic heterocycles. The third-order valence-corrected chi connectivity index (χ3v) is 5.62. The summed E-state index contributed by atoms with van der Waals surface area (Å²) in [6.45, 7) is -0.247. The van der Waals surface area contributed by atoms with Crippen molar-refractivity contribution < 1.29 is 14.4 Å². The van der Waals surface area contributed by atoms with Crippen LogP contribution >= 0.6 is 0 Å². The van der Waals surface area contributed by atoms with Gasteiger partial charge in [-0.05, 0) is 36.5 Å². The van der Waals surface area contributed by atoms with Crippen LogP contribution in [0, 0.1) is 23.7 Å². The first-order valence-corrected chi connectivity index (χ1v) is 8.66. The summed E-state index contributed by atoms with van der Waals surface area (Å²) >= 11 is 0. The molecule has 2 bridgehead atoms. The highest BCUT2D eigenvalue weighted by molar-refractivity contribution is 6.09. The molecule has 1 N–H and O–H groups in total. The molecule has 4 atom stereocenters. The van der Waals surface area contributed by atoms with Crippen LogP contribution < -0.4 is 5.32 Å². The lowest BCUT2D eigenvalue weighted by Crippen LogP contribution is -2.39. The van der Waals surface area contributed by atoms with Crippen molar-refractivity contribution in [1.29, 1.82) is 0 Å². The topological polar surface area (TPSA) is 92.3 Å². The van der Waals surface area contributed by atoms with E-state index >= 15 is 0 Å². The van der Waals surface area contributed by atoms with Crippen molar-refractivity contribution >= 4 is 34.4 Å². The number of hydrogen-bond acceptors (Lipinski definition) is 5. The number of amides is 3. The normalized spacial score (nSPS) is 28.8. The SMILES string of the molecule is O=C(CN1C(=O)[C@H]2[C@H](C1=O)[C@H]1C=C[C@H]2C1)Nc1ccc2nccnc2c1. The van der Waals surface area contributed by atoms with Crippen molar-refractivity contribution in [1.82, 2.24) is 14.9 Å². The lowest BCUT2D eigenvalue weighted by atomic mass is 9.85. The van der Waals surface area contributed by atoms with E-state index in [4.69, 9.17) is 0 Å². The molecule has 1 aromatic heterocycles. The fourth-order valence-electron chi connectivity index (χ4n) is 4.51. The zero-order valence-corrected chi connectivity index (χ0v) is 13.8. The van der Waals surface area contributed by atoms with Crippen LogP contribution in [0.25, 0.3) is 11.0 Å². The Morgan fingerprint density at radius 3 is 2.38 bits per heavy atom. The molecule has 7 heteroatoms. The van der Waals surface area contributed by atoms with E-state index in [0.29, 0.717) is 11.2 Å². The Balaban J connectivity index is 1.31. The fraction of sp³-hybridized carbons (Fsp3) is 0.316. The van der Waals surface area contributed by atoms with Gasteiger partial charge in [0.05, 0.1) is 22.9 Å². The second-order valence-corrected chi connectivity index (χ2v) is 7.07. The Labute approximate surface area is 149 Å². The maximum Gasteiger partial charge on any atom is 0.244 e. The average Bonchev–Trinajstić information content (AvgIpc) is 3.32. The number of anilines is 1. The number of allylic oxidation sites excluding steroid dienone is 2. The van der Waals surface area contributed by atoms with Crippen molar-refractivity contribution in [3.8, 4) is 0 Å². The van der Waals surface area contributed by atoms with E-state index in [1.807, 2.05) is 12.2 Å². The Morgan fingerprint density at radius 2 is 1.69 bits per heavy atom. The van der Waals surface area contributed by atoms with Crippen molar-refractivity contribution in [2.75, 3.05) is 11.9 Å². The quantitative estimate of drug-likeness (QED) is 0.668. The van der Waals surface area contributed by atoms with Gasteiger partial charge in [0, 0.05) is 18.1 Å². The fourth-order valence-corrected chi connectivity index (χ4v) is 4.51. The van der Waals surface area contributed by atoms with E-state index < -0.39 is 5.91 Å². The second-order valence-electron chi connectivity index (χ2n) is 7.07. The number of imide groups is 1. The summed E-state index contributed by atoms with van der Waals surface area (Å²) < 4.78 is 0.